The highest BCUT2D eigenvalue weighted by Gasteiger charge is 2.51. The summed E-state index contributed by atoms with van der Waals surface area (Å²) in [5.41, 5.74) is 2.45. The second kappa shape index (κ2) is 10.2. The van der Waals surface area contributed by atoms with E-state index >= 15 is 0 Å². The van der Waals surface area contributed by atoms with Gasteiger partial charge in [0.25, 0.3) is 0 Å². The lowest BCUT2D eigenvalue weighted by molar-refractivity contribution is -0.147. The molecule has 0 amide bonds. The van der Waals surface area contributed by atoms with Crippen LogP contribution in [0.4, 0.5) is 0 Å². The molecule has 30 heavy (non-hydrogen) atoms. The molecule has 2 heterocycles. The topological polar surface area (TPSA) is 48.0 Å². The Labute approximate surface area is 178 Å². The van der Waals surface area contributed by atoms with Crippen molar-refractivity contribution in [3.63, 3.8) is 0 Å². The highest BCUT2D eigenvalue weighted by Crippen LogP contribution is 2.40. The predicted molar refractivity (Wildman–Crippen MR) is 115 cm³/mol. The van der Waals surface area contributed by atoms with Crippen LogP contribution in [-0.2, 0) is 32.2 Å². The van der Waals surface area contributed by atoms with Gasteiger partial charge in [-0.05, 0) is 31.0 Å². The monoisotopic (exact) mass is 409 g/mol. The van der Waals surface area contributed by atoms with Gasteiger partial charge in [0.05, 0.1) is 38.4 Å². The first kappa shape index (κ1) is 21.0. The van der Waals surface area contributed by atoms with Crippen molar-refractivity contribution >= 4 is 5.97 Å². The smallest absolute Gasteiger partial charge is 0.308 e. The molecule has 2 aliphatic rings. The fraction of sp³-hybridized carbons (Fsp3) is 0.480. The average Bonchev–Trinajstić information content (AvgIpc) is 3.32. The number of carbonyl (C=O) groups is 1. The van der Waals surface area contributed by atoms with Gasteiger partial charge >= 0.3 is 5.97 Å². The molecule has 0 saturated carbocycles. The number of rotatable bonds is 9. The first-order valence-electron chi connectivity index (χ1n) is 11.0. The molecule has 160 valence electrons. The van der Waals surface area contributed by atoms with E-state index in [-0.39, 0.29) is 24.2 Å². The Kier molecular flexibility index (Phi) is 7.16. The summed E-state index contributed by atoms with van der Waals surface area (Å²) < 4.78 is 17.6. The van der Waals surface area contributed by atoms with Gasteiger partial charge in [0.15, 0.2) is 0 Å². The zero-order chi connectivity index (χ0) is 20.8. The van der Waals surface area contributed by atoms with Crippen molar-refractivity contribution in [3.05, 3.63) is 71.8 Å². The first-order valence-corrected chi connectivity index (χ1v) is 11.0. The number of likely N-dealkylation sites (tertiary alicyclic amines) is 1. The summed E-state index contributed by atoms with van der Waals surface area (Å²) in [6, 6.07) is 20.9. The highest BCUT2D eigenvalue weighted by molar-refractivity contribution is 5.70. The Hall–Kier alpha value is -2.21. The molecule has 2 saturated heterocycles. The summed E-state index contributed by atoms with van der Waals surface area (Å²) in [4.78, 5) is 14.7. The van der Waals surface area contributed by atoms with Crippen molar-refractivity contribution in [2.75, 3.05) is 19.8 Å². The predicted octanol–water partition coefficient (Wildman–Crippen LogP) is 3.81. The summed E-state index contributed by atoms with van der Waals surface area (Å²) in [5, 5.41) is 0. The van der Waals surface area contributed by atoms with Crippen LogP contribution in [0.1, 0.15) is 30.9 Å². The second-order valence-electron chi connectivity index (χ2n) is 8.12. The van der Waals surface area contributed by atoms with Gasteiger partial charge in [-0.1, -0.05) is 60.7 Å². The van der Waals surface area contributed by atoms with Gasteiger partial charge < -0.3 is 14.2 Å². The van der Waals surface area contributed by atoms with Crippen molar-refractivity contribution in [2.45, 2.75) is 51.2 Å². The Bertz CT molecular complexity index is 797. The number of esters is 1. The zero-order valence-electron chi connectivity index (χ0n) is 17.6. The van der Waals surface area contributed by atoms with Crippen LogP contribution in [0.25, 0.3) is 0 Å². The summed E-state index contributed by atoms with van der Waals surface area (Å²) in [7, 11) is 0. The van der Waals surface area contributed by atoms with Gasteiger partial charge in [0.1, 0.15) is 0 Å². The van der Waals surface area contributed by atoms with Gasteiger partial charge in [-0.15, -0.1) is 0 Å². The number of ether oxygens (including phenoxy) is 3. The number of nitrogens with zero attached hydrogens (tertiary/aromatic N) is 1. The SMILES string of the molecule is CCOC(=O)C[C@H]1O[C@@H](COCc2ccccc2)[C@@H]2CCN(Cc3ccccc3)[C@@H]21. The van der Waals surface area contributed by atoms with E-state index in [4.69, 9.17) is 14.2 Å². The van der Waals surface area contributed by atoms with Crippen molar-refractivity contribution in [1.29, 1.82) is 0 Å². The van der Waals surface area contributed by atoms with E-state index in [2.05, 4.69) is 41.3 Å². The molecule has 4 atom stereocenters. The van der Waals surface area contributed by atoms with E-state index in [1.165, 1.54) is 5.56 Å². The number of carbonyl (C=O) groups excluding carboxylic acids is 1. The molecule has 0 aromatic heterocycles. The molecule has 0 N–H and O–H groups in total. The molecule has 0 spiro atoms. The van der Waals surface area contributed by atoms with Crippen LogP contribution in [0, 0.1) is 5.92 Å². The summed E-state index contributed by atoms with van der Waals surface area (Å²) >= 11 is 0. The summed E-state index contributed by atoms with van der Waals surface area (Å²) in [5.74, 6) is 0.197. The fourth-order valence-corrected chi connectivity index (χ4v) is 4.81. The van der Waals surface area contributed by atoms with Crippen LogP contribution in [0.15, 0.2) is 60.7 Å². The number of hydrogen-bond donors (Lipinski definition) is 0. The molecule has 5 nitrogen and oxygen atoms in total. The molecule has 2 aromatic rings. The summed E-state index contributed by atoms with van der Waals surface area (Å²) in [6.45, 7) is 5.26. The van der Waals surface area contributed by atoms with E-state index in [0.29, 0.717) is 32.2 Å². The van der Waals surface area contributed by atoms with Crippen molar-refractivity contribution in [1.82, 2.24) is 4.90 Å². The molecule has 0 radical (unpaired) electrons. The van der Waals surface area contributed by atoms with Crippen LogP contribution >= 0.6 is 0 Å². The summed E-state index contributed by atoms with van der Waals surface area (Å²) in [6.07, 6.45) is 1.23. The molecule has 0 bridgehead atoms. The molecule has 2 aliphatic heterocycles. The minimum absolute atomic E-state index is 0.0129. The molecule has 4 rings (SSSR count). The number of benzene rings is 2. The first-order chi connectivity index (χ1) is 14.7. The highest BCUT2D eigenvalue weighted by atomic mass is 16.6. The molecule has 0 aliphatic carbocycles. The van der Waals surface area contributed by atoms with Crippen molar-refractivity contribution in [2.24, 2.45) is 5.92 Å². The van der Waals surface area contributed by atoms with Crippen molar-refractivity contribution in [3.8, 4) is 0 Å². The van der Waals surface area contributed by atoms with Gasteiger partial charge in [-0.25, -0.2) is 0 Å². The van der Waals surface area contributed by atoms with E-state index in [1.54, 1.807) is 0 Å². The quantitative estimate of drug-likeness (QED) is 0.590. The van der Waals surface area contributed by atoms with Crippen LogP contribution < -0.4 is 0 Å². The largest absolute Gasteiger partial charge is 0.466 e. The van der Waals surface area contributed by atoms with Gasteiger partial charge in [-0.3, -0.25) is 9.69 Å². The molecule has 2 fully saturated rings. The molecule has 5 heteroatoms. The van der Waals surface area contributed by atoms with Crippen molar-refractivity contribution < 1.29 is 19.0 Å². The van der Waals surface area contributed by atoms with Crippen LogP contribution in [-0.4, -0.2) is 48.9 Å². The Balaban J connectivity index is 1.41. The molecular formula is C25H31NO4. The van der Waals surface area contributed by atoms with E-state index in [9.17, 15) is 4.79 Å². The maximum absolute atomic E-state index is 12.2. The van der Waals surface area contributed by atoms with E-state index in [1.807, 2.05) is 31.2 Å². The lowest BCUT2D eigenvalue weighted by atomic mass is 9.93. The average molecular weight is 410 g/mol. The normalized spacial score (nSPS) is 25.9. The van der Waals surface area contributed by atoms with Gasteiger partial charge in [-0.2, -0.15) is 0 Å². The Morgan fingerprint density at radius 2 is 1.73 bits per heavy atom. The number of fused-ring (bicyclic) bond motifs is 1. The lowest BCUT2D eigenvalue weighted by Crippen LogP contribution is -2.39. The molecule has 0 unspecified atom stereocenters. The zero-order valence-corrected chi connectivity index (χ0v) is 17.6. The van der Waals surface area contributed by atoms with E-state index < -0.39 is 0 Å². The molecular weight excluding hydrogens is 378 g/mol. The van der Waals surface area contributed by atoms with Gasteiger partial charge in [0, 0.05) is 18.5 Å². The van der Waals surface area contributed by atoms with Crippen LogP contribution in [0.5, 0.6) is 0 Å². The second-order valence-corrected chi connectivity index (χ2v) is 8.12. The number of hydrogen-bond acceptors (Lipinski definition) is 5. The van der Waals surface area contributed by atoms with Crippen LogP contribution in [0.2, 0.25) is 0 Å². The fourth-order valence-electron chi connectivity index (χ4n) is 4.81. The minimum Gasteiger partial charge on any atom is -0.466 e. The maximum Gasteiger partial charge on any atom is 0.308 e. The third kappa shape index (κ3) is 5.09. The lowest BCUT2D eigenvalue weighted by Gasteiger charge is -2.27. The Morgan fingerprint density at radius 3 is 2.43 bits per heavy atom. The maximum atomic E-state index is 12.2. The Morgan fingerprint density at radius 1 is 1.03 bits per heavy atom. The van der Waals surface area contributed by atoms with Gasteiger partial charge in [0.2, 0.25) is 0 Å². The third-order valence-corrected chi connectivity index (χ3v) is 6.11. The minimum atomic E-state index is -0.182. The molecule has 2 aromatic carbocycles. The standard InChI is InChI=1S/C25H31NO4/c1-2-29-24(27)15-22-25-21(13-14-26(25)16-19-9-5-3-6-10-19)23(30-22)18-28-17-20-11-7-4-8-12-20/h3-12,21-23,25H,2,13-18H2,1H3/t21-,22+,23-,25-/m0/s1. The van der Waals surface area contributed by atoms with Crippen LogP contribution in [0.3, 0.4) is 0 Å². The van der Waals surface area contributed by atoms with E-state index in [0.717, 1.165) is 25.1 Å². The third-order valence-electron chi connectivity index (χ3n) is 6.11.